The predicted molar refractivity (Wildman–Crippen MR) is 164 cm³/mol. The molecule has 8 aliphatic rings. The Balaban J connectivity index is 1.40. The van der Waals surface area contributed by atoms with Crippen molar-refractivity contribution in [3.8, 4) is 0 Å². The molecule has 16 atom stereocenters. The topological polar surface area (TPSA) is 215 Å². The first kappa shape index (κ1) is 34.9. The number of esters is 4. The van der Waals surface area contributed by atoms with Crippen LogP contribution in [-0.2, 0) is 61.8 Å². The zero-order valence-corrected chi connectivity index (χ0v) is 29.4. The molecule has 2 bridgehead atoms. The number of hydrogen-bond acceptors (Lipinski definition) is 16. The van der Waals surface area contributed by atoms with E-state index < -0.39 is 130 Å². The van der Waals surface area contributed by atoms with Crippen molar-refractivity contribution in [2.24, 2.45) is 34.0 Å². The molecule has 8 rings (SSSR count). The average molecular weight is 721 g/mol. The van der Waals surface area contributed by atoms with Gasteiger partial charge in [-0.15, -0.1) is 0 Å². The fraction of sp³-hybridized carbons (Fsp3) is 0.771. The van der Waals surface area contributed by atoms with Gasteiger partial charge in [-0.2, -0.15) is 0 Å². The zero-order chi connectivity index (χ0) is 36.9. The lowest BCUT2D eigenvalue weighted by Gasteiger charge is -2.65. The van der Waals surface area contributed by atoms with E-state index in [0.717, 1.165) is 14.2 Å². The Bertz CT molecular complexity index is 1660. The third-order valence-corrected chi connectivity index (χ3v) is 14.1. The average Bonchev–Trinajstić information content (AvgIpc) is 3.47. The molecule has 0 aromatic rings. The van der Waals surface area contributed by atoms with Crippen LogP contribution in [0.1, 0.15) is 47.5 Å². The van der Waals surface area contributed by atoms with E-state index in [0.29, 0.717) is 0 Å². The summed E-state index contributed by atoms with van der Waals surface area (Å²) < 4.78 is 54.0. The summed E-state index contributed by atoms with van der Waals surface area (Å²) >= 11 is 0. The van der Waals surface area contributed by atoms with Gasteiger partial charge in [0.05, 0.1) is 52.0 Å². The highest BCUT2D eigenvalue weighted by Crippen LogP contribution is 2.83. The largest absolute Gasteiger partial charge is 0.469 e. The van der Waals surface area contributed by atoms with Crippen LogP contribution in [-0.4, -0.2) is 126 Å². The fourth-order valence-corrected chi connectivity index (χ4v) is 12.2. The first-order valence-corrected chi connectivity index (χ1v) is 17.2. The van der Waals surface area contributed by atoms with Crippen molar-refractivity contribution >= 4 is 23.9 Å². The molecule has 0 radical (unpaired) electrons. The zero-order valence-electron chi connectivity index (χ0n) is 29.4. The van der Waals surface area contributed by atoms with Crippen LogP contribution in [0.5, 0.6) is 0 Å². The number of aliphatic hydroxyl groups is 3. The van der Waals surface area contributed by atoms with Gasteiger partial charge in [0, 0.05) is 47.5 Å². The molecule has 280 valence electrons. The maximum absolute atomic E-state index is 14.2. The number of aliphatic hydroxyl groups excluding tert-OH is 1. The predicted octanol–water partition coefficient (Wildman–Crippen LogP) is -0.203. The summed E-state index contributed by atoms with van der Waals surface area (Å²) in [6, 6.07) is 0. The smallest absolute Gasteiger partial charge is 0.366 e. The van der Waals surface area contributed by atoms with Crippen LogP contribution in [0.4, 0.5) is 0 Å². The van der Waals surface area contributed by atoms with Crippen LogP contribution >= 0.6 is 0 Å². The number of carbonyl (C=O) groups excluding carboxylic acids is 4. The van der Waals surface area contributed by atoms with Crippen LogP contribution in [0.15, 0.2) is 24.0 Å². The van der Waals surface area contributed by atoms with Crippen molar-refractivity contribution in [2.45, 2.75) is 107 Å². The van der Waals surface area contributed by atoms with Crippen molar-refractivity contribution in [1.29, 1.82) is 0 Å². The highest BCUT2D eigenvalue weighted by Gasteiger charge is 2.97. The van der Waals surface area contributed by atoms with Gasteiger partial charge < -0.3 is 58.0 Å². The molecule has 0 amide bonds. The minimum absolute atomic E-state index is 0.235. The second-order valence-corrected chi connectivity index (χ2v) is 15.8. The van der Waals surface area contributed by atoms with Crippen molar-refractivity contribution < 1.29 is 77.1 Å². The monoisotopic (exact) mass is 720 g/mol. The van der Waals surface area contributed by atoms with E-state index in [2.05, 4.69) is 0 Å². The van der Waals surface area contributed by atoms with Crippen LogP contribution in [0.25, 0.3) is 0 Å². The Morgan fingerprint density at radius 3 is 2.31 bits per heavy atom. The minimum atomic E-state index is -2.82. The lowest BCUT2D eigenvalue weighted by Crippen LogP contribution is -2.79. The SMILES string of the molecule is C/C=C(/C)C(=O)O[C@H]1C[C@@H](OC(C)=O)[C@@]2(C(=O)OC)CO[C@H]3[C@@H](O)[C@@](C)([C@]45O[C@@]4(C)[C@H]4C[C@@H]5O[C@@H]5OC=C[C@@]54O)[C@H]4[C@]1(CO[C@]4(O)C(=O)OC)[C@@H]32. The van der Waals surface area contributed by atoms with E-state index in [4.69, 9.17) is 42.6 Å². The van der Waals surface area contributed by atoms with Crippen LogP contribution in [0, 0.1) is 34.0 Å². The standard InChI is InChI=1S/C35H44O16/c1-8-15(2)24(38)49-18-12-19(48-16(3)36)32(26(39)43-6)13-46-21-22(32)31(18)14-47-34(42,27(40)44-7)25(31)29(4,23(21)37)35-20-11-17(30(35,5)51-35)33(41)9-10-45-28(33)50-20/h8-10,17-23,25,28,37,41-42H,11-14H2,1-7H3/b15-8-/t17-,18+,19-,20+,21-,22-,23-,25+,28+,29-,30+,31+,32+,33+,34+,35+/m1/s1. The molecule has 0 aromatic heterocycles. The maximum atomic E-state index is 14.2. The fourth-order valence-electron chi connectivity index (χ4n) is 12.2. The van der Waals surface area contributed by atoms with Gasteiger partial charge in [0.25, 0.3) is 5.79 Å². The quantitative estimate of drug-likeness (QED) is 0.140. The molecule has 3 aliphatic carbocycles. The molecule has 5 aliphatic heterocycles. The second kappa shape index (κ2) is 10.5. The summed E-state index contributed by atoms with van der Waals surface area (Å²) in [5.74, 6) is -9.76. The van der Waals surface area contributed by atoms with Crippen LogP contribution < -0.4 is 0 Å². The maximum Gasteiger partial charge on any atom is 0.366 e. The molecule has 7 fully saturated rings. The van der Waals surface area contributed by atoms with E-state index in [-0.39, 0.29) is 18.4 Å². The molecule has 51 heavy (non-hydrogen) atoms. The lowest BCUT2D eigenvalue weighted by atomic mass is 9.37. The number of fused-ring (bicyclic) bond motifs is 7. The number of carbonyl (C=O) groups is 4. The second-order valence-electron chi connectivity index (χ2n) is 15.8. The van der Waals surface area contributed by atoms with E-state index >= 15 is 0 Å². The normalized spacial score (nSPS) is 53.9. The Morgan fingerprint density at radius 2 is 1.67 bits per heavy atom. The molecule has 4 saturated heterocycles. The summed E-state index contributed by atoms with van der Waals surface area (Å²) in [4.78, 5) is 54.4. The van der Waals surface area contributed by atoms with Gasteiger partial charge in [0.15, 0.2) is 5.60 Å². The summed E-state index contributed by atoms with van der Waals surface area (Å²) in [6.45, 7) is 6.88. The number of ether oxygens (including phenoxy) is 9. The third kappa shape index (κ3) is 3.65. The summed E-state index contributed by atoms with van der Waals surface area (Å²) in [5.41, 5.74) is -9.47. The Hall–Kier alpha value is -3.12. The van der Waals surface area contributed by atoms with Crippen molar-refractivity contribution in [3.63, 3.8) is 0 Å². The first-order valence-electron chi connectivity index (χ1n) is 17.2. The Kier molecular flexibility index (Phi) is 7.20. The van der Waals surface area contributed by atoms with Crippen molar-refractivity contribution in [2.75, 3.05) is 27.4 Å². The van der Waals surface area contributed by atoms with E-state index in [1.807, 2.05) is 0 Å². The molecule has 1 spiro atoms. The Labute approximate surface area is 293 Å². The van der Waals surface area contributed by atoms with Gasteiger partial charge in [-0.05, 0) is 33.3 Å². The number of rotatable bonds is 6. The van der Waals surface area contributed by atoms with Crippen LogP contribution in [0.2, 0.25) is 0 Å². The minimum Gasteiger partial charge on any atom is -0.469 e. The first-order chi connectivity index (χ1) is 23.9. The summed E-state index contributed by atoms with van der Waals surface area (Å²) in [6.07, 6.45) is -3.11. The summed E-state index contributed by atoms with van der Waals surface area (Å²) in [5, 5.41) is 37.4. The molecule has 3 saturated carbocycles. The van der Waals surface area contributed by atoms with E-state index in [9.17, 15) is 34.5 Å². The number of allylic oxidation sites excluding steroid dienone is 1. The van der Waals surface area contributed by atoms with E-state index in [1.54, 1.807) is 33.8 Å². The van der Waals surface area contributed by atoms with Gasteiger partial charge in [-0.3, -0.25) is 9.59 Å². The molecule has 0 aromatic carbocycles. The number of hydrogen-bond donors (Lipinski definition) is 3. The number of methoxy groups -OCH3 is 2. The van der Waals surface area contributed by atoms with Crippen molar-refractivity contribution in [3.05, 3.63) is 24.0 Å². The molecular formula is C35H44O16. The molecule has 3 N–H and O–H groups in total. The summed E-state index contributed by atoms with van der Waals surface area (Å²) in [7, 11) is 2.23. The van der Waals surface area contributed by atoms with Gasteiger partial charge in [-0.25, -0.2) is 9.59 Å². The van der Waals surface area contributed by atoms with Gasteiger partial charge in [-0.1, -0.05) is 13.0 Å². The molecule has 16 heteroatoms. The van der Waals surface area contributed by atoms with Crippen LogP contribution in [0.3, 0.4) is 0 Å². The number of epoxide rings is 1. The molecular weight excluding hydrogens is 676 g/mol. The third-order valence-electron chi connectivity index (χ3n) is 14.1. The molecule has 5 heterocycles. The van der Waals surface area contributed by atoms with Gasteiger partial charge in [0.1, 0.15) is 28.8 Å². The molecule has 16 nitrogen and oxygen atoms in total. The highest BCUT2D eigenvalue weighted by molar-refractivity contribution is 5.88. The van der Waals surface area contributed by atoms with Gasteiger partial charge in [0.2, 0.25) is 6.29 Å². The Morgan fingerprint density at radius 1 is 0.961 bits per heavy atom. The lowest BCUT2D eigenvalue weighted by molar-refractivity contribution is -0.314. The van der Waals surface area contributed by atoms with Gasteiger partial charge >= 0.3 is 23.9 Å². The molecule has 0 unspecified atom stereocenters. The van der Waals surface area contributed by atoms with E-state index in [1.165, 1.54) is 19.3 Å². The highest BCUT2D eigenvalue weighted by atomic mass is 16.7. The van der Waals surface area contributed by atoms with Crippen molar-refractivity contribution in [1.82, 2.24) is 0 Å².